The smallest absolute Gasteiger partial charge is 0.320 e. The Morgan fingerprint density at radius 3 is 2.00 bits per heavy atom. The molecule has 0 unspecified atom stereocenters. The number of carbonyl (C=O) groups is 2. The van der Waals surface area contributed by atoms with Crippen LogP contribution >= 0.6 is 0 Å². The average Bonchev–Trinajstić information content (AvgIpc) is 2.61. The summed E-state index contributed by atoms with van der Waals surface area (Å²) in [6, 6.07) is 8.05. The quantitative estimate of drug-likeness (QED) is 0.341. The van der Waals surface area contributed by atoms with E-state index in [4.69, 9.17) is 14.2 Å². The molecule has 0 fully saturated rings. The molecule has 5 heteroatoms. The minimum atomic E-state index is -0.878. The van der Waals surface area contributed by atoms with Gasteiger partial charge in [0.05, 0.1) is 19.8 Å². The molecule has 5 nitrogen and oxygen atoms in total. The van der Waals surface area contributed by atoms with Gasteiger partial charge in [-0.05, 0) is 56.7 Å². The lowest BCUT2D eigenvalue weighted by molar-refractivity contribution is -0.162. The molecule has 0 amide bonds. The Morgan fingerprint density at radius 2 is 1.52 bits per heavy atom. The fourth-order valence-electron chi connectivity index (χ4n) is 2.42. The van der Waals surface area contributed by atoms with Crippen molar-refractivity contribution in [1.82, 2.24) is 0 Å². The maximum Gasteiger partial charge on any atom is 0.320 e. The van der Waals surface area contributed by atoms with Gasteiger partial charge >= 0.3 is 11.9 Å². The molecule has 0 bridgehead atoms. The van der Waals surface area contributed by atoms with Gasteiger partial charge in [-0.25, -0.2) is 0 Å². The van der Waals surface area contributed by atoms with E-state index in [1.54, 1.807) is 13.8 Å². The molecule has 25 heavy (non-hydrogen) atoms. The van der Waals surface area contributed by atoms with Crippen LogP contribution in [0.1, 0.15) is 58.4 Å². The van der Waals surface area contributed by atoms with Gasteiger partial charge in [-0.1, -0.05) is 26.0 Å². The first kappa shape index (κ1) is 21.0. The number of hydrogen-bond donors (Lipinski definition) is 0. The Labute approximate surface area is 150 Å². The largest absolute Gasteiger partial charge is 0.494 e. The van der Waals surface area contributed by atoms with Crippen molar-refractivity contribution in [2.24, 2.45) is 5.92 Å². The Morgan fingerprint density at radius 1 is 0.960 bits per heavy atom. The summed E-state index contributed by atoms with van der Waals surface area (Å²) in [5.41, 5.74) is 1.29. The molecule has 0 heterocycles. The minimum absolute atomic E-state index is 0.244. The lowest BCUT2D eigenvalue weighted by atomic mass is 9.99. The van der Waals surface area contributed by atoms with Crippen LogP contribution in [0.25, 0.3) is 0 Å². The van der Waals surface area contributed by atoms with Gasteiger partial charge in [0.2, 0.25) is 0 Å². The highest BCUT2D eigenvalue weighted by Crippen LogP contribution is 2.22. The second-order valence-corrected chi connectivity index (χ2v) is 5.93. The predicted molar refractivity (Wildman–Crippen MR) is 96.6 cm³/mol. The van der Waals surface area contributed by atoms with E-state index in [0.717, 1.165) is 12.2 Å². The van der Waals surface area contributed by atoms with Gasteiger partial charge in [-0.3, -0.25) is 9.59 Å². The Kier molecular flexibility index (Phi) is 9.66. The molecule has 0 aromatic heterocycles. The van der Waals surface area contributed by atoms with Gasteiger partial charge in [0.1, 0.15) is 5.75 Å². The fraction of sp³-hybridized carbons (Fsp3) is 0.600. The summed E-state index contributed by atoms with van der Waals surface area (Å²) in [5.74, 6) is -0.617. The van der Waals surface area contributed by atoms with E-state index >= 15 is 0 Å². The summed E-state index contributed by atoms with van der Waals surface area (Å²) in [6.07, 6.45) is 2.02. The average molecular weight is 350 g/mol. The van der Waals surface area contributed by atoms with Crippen LogP contribution in [0, 0.1) is 5.92 Å². The number of rotatable bonds is 11. The van der Waals surface area contributed by atoms with E-state index in [1.165, 1.54) is 5.56 Å². The zero-order valence-electron chi connectivity index (χ0n) is 15.7. The van der Waals surface area contributed by atoms with Crippen molar-refractivity contribution in [3.8, 4) is 5.75 Å². The SMILES string of the molecule is CCOC(=O)C(CCCOc1ccc([C@H](C)CC)cc1)C(=O)OCC. The molecule has 0 aliphatic rings. The third-order valence-corrected chi connectivity index (χ3v) is 4.11. The molecular formula is C20H30O5. The van der Waals surface area contributed by atoms with Crippen molar-refractivity contribution in [3.05, 3.63) is 29.8 Å². The lowest BCUT2D eigenvalue weighted by Gasteiger charge is -2.14. The summed E-state index contributed by atoms with van der Waals surface area (Å²) in [6.45, 7) is 8.71. The molecule has 0 aliphatic heterocycles. The van der Waals surface area contributed by atoms with E-state index in [0.29, 0.717) is 25.4 Å². The second-order valence-electron chi connectivity index (χ2n) is 5.93. The molecule has 1 rings (SSSR count). The van der Waals surface area contributed by atoms with Crippen LogP contribution in [0.5, 0.6) is 5.75 Å². The summed E-state index contributed by atoms with van der Waals surface area (Å²) in [4.78, 5) is 23.8. The highest BCUT2D eigenvalue weighted by Gasteiger charge is 2.28. The summed E-state index contributed by atoms with van der Waals surface area (Å²) < 4.78 is 15.6. The standard InChI is InChI=1S/C20H30O5/c1-5-15(4)16-10-12-17(13-11-16)25-14-8-9-18(19(21)23-6-2)20(22)24-7-3/h10-13,15,18H,5-9,14H2,1-4H3/t15-/m1/s1. The van der Waals surface area contributed by atoms with Crippen LogP contribution in [0.3, 0.4) is 0 Å². The van der Waals surface area contributed by atoms with Gasteiger partial charge < -0.3 is 14.2 Å². The van der Waals surface area contributed by atoms with Crippen molar-refractivity contribution in [2.45, 2.75) is 52.9 Å². The number of hydrogen-bond acceptors (Lipinski definition) is 5. The maximum atomic E-state index is 11.9. The Balaban J connectivity index is 2.47. The van der Waals surface area contributed by atoms with Crippen molar-refractivity contribution in [2.75, 3.05) is 19.8 Å². The van der Waals surface area contributed by atoms with E-state index in [2.05, 4.69) is 26.0 Å². The van der Waals surface area contributed by atoms with Gasteiger partial charge in [0.25, 0.3) is 0 Å². The molecule has 0 radical (unpaired) electrons. The molecule has 1 atom stereocenters. The third-order valence-electron chi connectivity index (χ3n) is 4.11. The number of esters is 2. The predicted octanol–water partition coefficient (Wildman–Crippen LogP) is 4.10. The minimum Gasteiger partial charge on any atom is -0.494 e. The maximum absolute atomic E-state index is 11.9. The fourth-order valence-corrected chi connectivity index (χ4v) is 2.42. The number of carbonyl (C=O) groups excluding carboxylic acids is 2. The van der Waals surface area contributed by atoms with Gasteiger partial charge in [0, 0.05) is 0 Å². The summed E-state index contributed by atoms with van der Waals surface area (Å²) >= 11 is 0. The van der Waals surface area contributed by atoms with E-state index in [9.17, 15) is 9.59 Å². The first-order chi connectivity index (χ1) is 12.0. The Bertz CT molecular complexity index is 505. The molecular weight excluding hydrogens is 320 g/mol. The van der Waals surface area contributed by atoms with Crippen molar-refractivity contribution < 1.29 is 23.8 Å². The molecule has 0 spiro atoms. The highest BCUT2D eigenvalue weighted by atomic mass is 16.6. The van der Waals surface area contributed by atoms with Crippen molar-refractivity contribution >= 4 is 11.9 Å². The Hall–Kier alpha value is -2.04. The molecule has 0 aliphatic carbocycles. The zero-order valence-corrected chi connectivity index (χ0v) is 15.7. The summed E-state index contributed by atoms with van der Waals surface area (Å²) in [7, 11) is 0. The van der Waals surface area contributed by atoms with Crippen molar-refractivity contribution in [3.63, 3.8) is 0 Å². The third kappa shape index (κ3) is 7.16. The second kappa shape index (κ2) is 11.5. The normalized spacial score (nSPS) is 11.9. The molecule has 0 N–H and O–H groups in total. The molecule has 1 aromatic carbocycles. The van der Waals surface area contributed by atoms with Gasteiger partial charge in [-0.15, -0.1) is 0 Å². The zero-order chi connectivity index (χ0) is 18.7. The molecule has 1 aromatic rings. The van der Waals surface area contributed by atoms with Crippen LogP contribution in [0.15, 0.2) is 24.3 Å². The topological polar surface area (TPSA) is 61.8 Å². The van der Waals surface area contributed by atoms with E-state index in [1.807, 2.05) is 12.1 Å². The first-order valence-corrected chi connectivity index (χ1v) is 9.09. The summed E-state index contributed by atoms with van der Waals surface area (Å²) in [5, 5.41) is 0. The first-order valence-electron chi connectivity index (χ1n) is 9.09. The van der Waals surface area contributed by atoms with Crippen LogP contribution < -0.4 is 4.74 Å². The van der Waals surface area contributed by atoms with Gasteiger partial charge in [-0.2, -0.15) is 0 Å². The number of ether oxygens (including phenoxy) is 3. The molecule has 140 valence electrons. The monoisotopic (exact) mass is 350 g/mol. The van der Waals surface area contributed by atoms with Crippen LogP contribution in [0.4, 0.5) is 0 Å². The lowest BCUT2D eigenvalue weighted by Crippen LogP contribution is -2.28. The highest BCUT2D eigenvalue weighted by molar-refractivity contribution is 5.94. The number of benzene rings is 1. The van der Waals surface area contributed by atoms with E-state index < -0.39 is 17.9 Å². The van der Waals surface area contributed by atoms with E-state index in [-0.39, 0.29) is 13.2 Å². The van der Waals surface area contributed by atoms with Crippen LogP contribution in [-0.4, -0.2) is 31.8 Å². The van der Waals surface area contributed by atoms with Crippen molar-refractivity contribution in [1.29, 1.82) is 0 Å². The molecule has 0 saturated heterocycles. The van der Waals surface area contributed by atoms with Crippen LogP contribution in [0.2, 0.25) is 0 Å². The van der Waals surface area contributed by atoms with Gasteiger partial charge in [0.15, 0.2) is 5.92 Å². The van der Waals surface area contributed by atoms with Crippen LogP contribution in [-0.2, 0) is 19.1 Å². The molecule has 0 saturated carbocycles.